The van der Waals surface area contributed by atoms with Crippen LogP contribution in [0.25, 0.3) is 0 Å². The number of ether oxygens (including phenoxy) is 2. The highest BCUT2D eigenvalue weighted by Crippen LogP contribution is 2.21. The van der Waals surface area contributed by atoms with Gasteiger partial charge in [0.1, 0.15) is 24.4 Å². The average Bonchev–Trinajstić information content (AvgIpc) is 2.29. The maximum Gasteiger partial charge on any atom is 0.186 e. The first-order chi connectivity index (χ1) is 7.61. The molecule has 0 amide bonds. The summed E-state index contributed by atoms with van der Waals surface area (Å²) < 4.78 is 10.3. The fourth-order valence-corrected chi connectivity index (χ4v) is 1.72. The molecular formula is C9H18O6S. The summed E-state index contributed by atoms with van der Waals surface area (Å²) in [5.74, 6) is 0.731. The summed E-state index contributed by atoms with van der Waals surface area (Å²) in [6.45, 7) is -0.0722. The van der Waals surface area contributed by atoms with Crippen LogP contribution in [0.1, 0.15) is 0 Å². The maximum atomic E-state index is 9.57. The largest absolute Gasteiger partial charge is 0.394 e. The maximum absolute atomic E-state index is 9.57. The quantitative estimate of drug-likeness (QED) is 0.428. The number of aliphatic hydroxyl groups excluding tert-OH is 4. The zero-order valence-corrected chi connectivity index (χ0v) is 9.84. The lowest BCUT2D eigenvalue weighted by atomic mass is 9.99. The van der Waals surface area contributed by atoms with Gasteiger partial charge >= 0.3 is 0 Å². The van der Waals surface area contributed by atoms with Crippen LogP contribution in [0.3, 0.4) is 0 Å². The van der Waals surface area contributed by atoms with Crippen LogP contribution in [0.4, 0.5) is 0 Å². The van der Waals surface area contributed by atoms with Gasteiger partial charge in [-0.3, -0.25) is 0 Å². The summed E-state index contributed by atoms with van der Waals surface area (Å²) in [5.41, 5.74) is 0. The van der Waals surface area contributed by atoms with E-state index in [0.29, 0.717) is 6.61 Å². The smallest absolute Gasteiger partial charge is 0.186 e. The molecule has 4 N–H and O–H groups in total. The van der Waals surface area contributed by atoms with Crippen LogP contribution in [0.2, 0.25) is 0 Å². The van der Waals surface area contributed by atoms with Gasteiger partial charge < -0.3 is 29.9 Å². The summed E-state index contributed by atoms with van der Waals surface area (Å²) in [6, 6.07) is 0. The lowest BCUT2D eigenvalue weighted by Crippen LogP contribution is -2.59. The Bertz CT molecular complexity index is 202. The highest BCUT2D eigenvalue weighted by atomic mass is 32.2. The van der Waals surface area contributed by atoms with Crippen molar-refractivity contribution >= 4 is 11.8 Å². The molecule has 7 heteroatoms. The Hall–Kier alpha value is 0.110. The molecule has 1 rings (SSSR count). The molecule has 0 bridgehead atoms. The predicted octanol–water partition coefficient (Wildman–Crippen LogP) is -1.83. The van der Waals surface area contributed by atoms with Gasteiger partial charge in [-0.05, 0) is 6.26 Å². The van der Waals surface area contributed by atoms with E-state index in [1.165, 1.54) is 0 Å². The van der Waals surface area contributed by atoms with E-state index in [1.807, 2.05) is 6.26 Å². The molecule has 0 aromatic carbocycles. The van der Waals surface area contributed by atoms with E-state index in [0.717, 1.165) is 5.75 Å². The van der Waals surface area contributed by atoms with Crippen molar-refractivity contribution in [2.45, 2.75) is 30.7 Å². The first kappa shape index (κ1) is 14.2. The summed E-state index contributed by atoms with van der Waals surface area (Å²) in [7, 11) is 0. The number of rotatable bonds is 5. The summed E-state index contributed by atoms with van der Waals surface area (Å²) in [5, 5.41) is 37.4. The second kappa shape index (κ2) is 6.75. The molecule has 0 aliphatic carbocycles. The molecule has 4 unspecified atom stereocenters. The third-order valence-electron chi connectivity index (χ3n) is 2.42. The van der Waals surface area contributed by atoms with Crippen molar-refractivity contribution in [2.24, 2.45) is 0 Å². The van der Waals surface area contributed by atoms with E-state index in [4.69, 9.17) is 14.6 Å². The topological polar surface area (TPSA) is 99.4 Å². The molecule has 0 aromatic rings. The van der Waals surface area contributed by atoms with E-state index in [1.54, 1.807) is 11.8 Å². The van der Waals surface area contributed by atoms with Crippen molar-refractivity contribution in [1.82, 2.24) is 0 Å². The predicted molar refractivity (Wildman–Crippen MR) is 58.1 cm³/mol. The lowest BCUT2D eigenvalue weighted by molar-refractivity contribution is -0.299. The van der Waals surface area contributed by atoms with Crippen LogP contribution in [-0.2, 0) is 9.47 Å². The summed E-state index contributed by atoms with van der Waals surface area (Å²) in [4.78, 5) is 0. The molecule has 1 saturated heterocycles. The second-order valence-corrected chi connectivity index (χ2v) is 4.55. The first-order valence-electron chi connectivity index (χ1n) is 5.03. The Morgan fingerprint density at radius 1 is 1.19 bits per heavy atom. The number of thioether (sulfide) groups is 1. The Kier molecular flexibility index (Phi) is 5.98. The van der Waals surface area contributed by atoms with Gasteiger partial charge in [0, 0.05) is 5.75 Å². The molecule has 1 aliphatic rings. The molecule has 0 saturated carbocycles. The fourth-order valence-electron chi connectivity index (χ4n) is 1.45. The molecule has 1 aliphatic heterocycles. The van der Waals surface area contributed by atoms with Gasteiger partial charge in [0.15, 0.2) is 6.29 Å². The van der Waals surface area contributed by atoms with Crippen molar-refractivity contribution in [1.29, 1.82) is 0 Å². The Labute approximate surface area is 98.2 Å². The standard InChI is InChI=1S/C9H18O6S/c1-16-3-2-14-9-8(13)7(12)6(11)5(4-10)15-9/h5-13H,2-4H2,1H3/t5?,6-,7?,8?,9?/m0/s1. The minimum atomic E-state index is -1.37. The molecule has 6 nitrogen and oxygen atoms in total. The van der Waals surface area contributed by atoms with Gasteiger partial charge in [0.05, 0.1) is 13.2 Å². The fraction of sp³-hybridized carbons (Fsp3) is 1.00. The molecule has 1 fully saturated rings. The molecule has 0 aromatic heterocycles. The van der Waals surface area contributed by atoms with Crippen LogP contribution in [-0.4, -0.2) is 76.4 Å². The molecule has 16 heavy (non-hydrogen) atoms. The molecular weight excluding hydrogens is 236 g/mol. The van der Waals surface area contributed by atoms with Crippen LogP contribution >= 0.6 is 11.8 Å². The SMILES string of the molecule is CSCCOC1OC(CO)[C@H](O)C(O)C1O. The minimum Gasteiger partial charge on any atom is -0.394 e. The van der Waals surface area contributed by atoms with Crippen LogP contribution in [0.15, 0.2) is 0 Å². The van der Waals surface area contributed by atoms with E-state index in [-0.39, 0.29) is 0 Å². The van der Waals surface area contributed by atoms with Gasteiger partial charge in [0.2, 0.25) is 0 Å². The zero-order valence-electron chi connectivity index (χ0n) is 9.02. The Morgan fingerprint density at radius 2 is 1.88 bits per heavy atom. The monoisotopic (exact) mass is 254 g/mol. The third kappa shape index (κ3) is 3.30. The van der Waals surface area contributed by atoms with E-state index < -0.39 is 37.3 Å². The van der Waals surface area contributed by atoms with Gasteiger partial charge in [-0.15, -0.1) is 0 Å². The van der Waals surface area contributed by atoms with Crippen molar-refractivity contribution in [3.63, 3.8) is 0 Å². The van der Waals surface area contributed by atoms with Gasteiger partial charge in [-0.2, -0.15) is 11.8 Å². The molecule has 0 radical (unpaired) electrons. The van der Waals surface area contributed by atoms with E-state index in [2.05, 4.69) is 0 Å². The van der Waals surface area contributed by atoms with Crippen LogP contribution < -0.4 is 0 Å². The van der Waals surface area contributed by atoms with Crippen molar-refractivity contribution in [3.05, 3.63) is 0 Å². The zero-order chi connectivity index (χ0) is 12.1. The second-order valence-electron chi connectivity index (χ2n) is 3.56. The van der Waals surface area contributed by atoms with Crippen LogP contribution in [0.5, 0.6) is 0 Å². The van der Waals surface area contributed by atoms with Gasteiger partial charge in [0.25, 0.3) is 0 Å². The molecule has 0 spiro atoms. The van der Waals surface area contributed by atoms with E-state index >= 15 is 0 Å². The third-order valence-corrected chi connectivity index (χ3v) is 2.99. The molecule has 1 heterocycles. The molecule has 96 valence electrons. The Balaban J connectivity index is 2.50. The van der Waals surface area contributed by atoms with Gasteiger partial charge in [-0.25, -0.2) is 0 Å². The summed E-state index contributed by atoms with van der Waals surface area (Å²) >= 11 is 1.58. The Morgan fingerprint density at radius 3 is 2.44 bits per heavy atom. The van der Waals surface area contributed by atoms with Crippen molar-refractivity contribution < 1.29 is 29.9 Å². The van der Waals surface area contributed by atoms with Crippen molar-refractivity contribution in [2.75, 3.05) is 25.2 Å². The highest BCUT2D eigenvalue weighted by Gasteiger charge is 2.43. The van der Waals surface area contributed by atoms with Crippen molar-refractivity contribution in [3.8, 4) is 0 Å². The lowest BCUT2D eigenvalue weighted by Gasteiger charge is -2.39. The molecule has 5 atom stereocenters. The minimum absolute atomic E-state index is 0.365. The number of aliphatic hydroxyl groups is 4. The van der Waals surface area contributed by atoms with E-state index in [9.17, 15) is 15.3 Å². The normalized spacial score (nSPS) is 39.9. The first-order valence-corrected chi connectivity index (χ1v) is 6.42. The summed E-state index contributed by atoms with van der Waals surface area (Å²) in [6.07, 6.45) is -4.01. The number of hydrogen-bond acceptors (Lipinski definition) is 7. The van der Waals surface area contributed by atoms with Gasteiger partial charge in [-0.1, -0.05) is 0 Å². The number of hydrogen-bond donors (Lipinski definition) is 4. The van der Waals surface area contributed by atoms with Crippen LogP contribution in [0, 0.1) is 0 Å². The average molecular weight is 254 g/mol. The highest BCUT2D eigenvalue weighted by molar-refractivity contribution is 7.98.